The van der Waals surface area contributed by atoms with Crippen LogP contribution >= 0.6 is 11.6 Å². The van der Waals surface area contributed by atoms with Gasteiger partial charge in [0.05, 0.1) is 0 Å². The van der Waals surface area contributed by atoms with Gasteiger partial charge in [-0.3, -0.25) is 0 Å². The highest BCUT2D eigenvalue weighted by Gasteiger charge is 2.18. The minimum atomic E-state index is 0.559. The average molecular weight is 240 g/mol. The summed E-state index contributed by atoms with van der Waals surface area (Å²) in [7, 11) is 2.09. The van der Waals surface area contributed by atoms with Gasteiger partial charge in [0.15, 0.2) is 0 Å². The zero-order valence-corrected chi connectivity index (χ0v) is 10.7. The summed E-state index contributed by atoms with van der Waals surface area (Å²) in [6.07, 6.45) is 6.99. The molecule has 0 atom stereocenters. The van der Waals surface area contributed by atoms with Crippen LogP contribution in [-0.2, 0) is 0 Å². The molecule has 0 aliphatic heterocycles. The van der Waals surface area contributed by atoms with Crippen LogP contribution in [0.5, 0.6) is 0 Å². The van der Waals surface area contributed by atoms with Crippen molar-refractivity contribution in [3.05, 3.63) is 17.0 Å². The molecule has 0 N–H and O–H groups in total. The maximum Gasteiger partial charge on any atom is 0.137 e. The van der Waals surface area contributed by atoms with Gasteiger partial charge in [-0.1, -0.05) is 24.4 Å². The zero-order valence-electron chi connectivity index (χ0n) is 9.91. The Bertz CT molecular complexity index is 361. The van der Waals surface area contributed by atoms with E-state index in [1.54, 1.807) is 0 Å². The molecule has 88 valence electrons. The first-order valence-corrected chi connectivity index (χ1v) is 6.24. The normalized spacial score (nSPS) is 16.7. The van der Waals surface area contributed by atoms with E-state index in [0.717, 1.165) is 23.8 Å². The van der Waals surface area contributed by atoms with Crippen molar-refractivity contribution in [3.8, 4) is 0 Å². The molecule has 3 nitrogen and oxygen atoms in total. The Labute approximate surface area is 102 Å². The number of aromatic nitrogens is 2. The van der Waals surface area contributed by atoms with E-state index in [9.17, 15) is 0 Å². The van der Waals surface area contributed by atoms with Gasteiger partial charge in [0.2, 0.25) is 0 Å². The lowest BCUT2D eigenvalue weighted by Gasteiger charge is -2.23. The van der Waals surface area contributed by atoms with Crippen LogP contribution < -0.4 is 4.90 Å². The third-order valence-electron chi connectivity index (χ3n) is 3.36. The fourth-order valence-corrected chi connectivity index (χ4v) is 2.60. The average Bonchev–Trinajstić information content (AvgIpc) is 2.74. The molecule has 0 aromatic carbocycles. The number of halogens is 1. The van der Waals surface area contributed by atoms with Crippen LogP contribution in [-0.4, -0.2) is 23.6 Å². The van der Waals surface area contributed by atoms with Gasteiger partial charge in [-0.25, -0.2) is 9.97 Å². The predicted molar refractivity (Wildman–Crippen MR) is 67.0 cm³/mol. The predicted octanol–water partition coefficient (Wildman–Crippen LogP) is 3.06. The largest absolute Gasteiger partial charge is 0.359 e. The van der Waals surface area contributed by atoms with Gasteiger partial charge in [-0.2, -0.15) is 0 Å². The molecule has 4 heteroatoms. The number of rotatable bonds is 3. The van der Waals surface area contributed by atoms with Crippen molar-refractivity contribution in [1.82, 2.24) is 9.97 Å². The highest BCUT2D eigenvalue weighted by molar-refractivity contribution is 6.30. The molecule has 1 aliphatic carbocycles. The van der Waals surface area contributed by atoms with Crippen molar-refractivity contribution in [2.75, 3.05) is 18.5 Å². The van der Waals surface area contributed by atoms with Crippen molar-refractivity contribution < 1.29 is 0 Å². The van der Waals surface area contributed by atoms with Crippen LogP contribution in [0.15, 0.2) is 6.33 Å². The van der Waals surface area contributed by atoms with Crippen molar-refractivity contribution >= 4 is 17.4 Å². The van der Waals surface area contributed by atoms with Gasteiger partial charge >= 0.3 is 0 Å². The van der Waals surface area contributed by atoms with E-state index >= 15 is 0 Å². The molecule has 1 aromatic heterocycles. The number of anilines is 1. The van der Waals surface area contributed by atoms with E-state index < -0.39 is 0 Å². The summed E-state index contributed by atoms with van der Waals surface area (Å²) in [6, 6.07) is 0. The first-order chi connectivity index (χ1) is 7.68. The van der Waals surface area contributed by atoms with Crippen molar-refractivity contribution in [3.63, 3.8) is 0 Å². The highest BCUT2D eigenvalue weighted by Crippen LogP contribution is 2.28. The first-order valence-electron chi connectivity index (χ1n) is 5.86. The molecule has 1 fully saturated rings. The van der Waals surface area contributed by atoms with Crippen molar-refractivity contribution in [2.45, 2.75) is 32.6 Å². The molecule has 0 amide bonds. The Hall–Kier alpha value is -0.830. The number of hydrogen-bond donors (Lipinski definition) is 0. The monoisotopic (exact) mass is 239 g/mol. The minimum Gasteiger partial charge on any atom is -0.359 e. The minimum absolute atomic E-state index is 0.559. The summed E-state index contributed by atoms with van der Waals surface area (Å²) in [5, 5.41) is 0.559. The quantitative estimate of drug-likeness (QED) is 0.760. The summed E-state index contributed by atoms with van der Waals surface area (Å²) >= 11 is 6.00. The van der Waals surface area contributed by atoms with E-state index in [1.165, 1.54) is 32.0 Å². The Morgan fingerprint density at radius 3 is 2.75 bits per heavy atom. The maximum absolute atomic E-state index is 6.00. The van der Waals surface area contributed by atoms with Crippen molar-refractivity contribution in [2.24, 2.45) is 5.92 Å². The van der Waals surface area contributed by atoms with E-state index in [4.69, 9.17) is 11.6 Å². The Morgan fingerprint density at radius 1 is 1.38 bits per heavy atom. The second-order valence-corrected chi connectivity index (χ2v) is 5.00. The molecule has 1 aromatic rings. The molecule has 0 unspecified atom stereocenters. The van der Waals surface area contributed by atoms with Crippen LogP contribution in [0.1, 0.15) is 31.2 Å². The standard InChI is InChI=1S/C12H18ClN3/c1-9-11(13)14-8-15-12(9)16(2)7-10-5-3-4-6-10/h8,10H,3-7H2,1-2H3. The Morgan fingerprint density at radius 2 is 2.06 bits per heavy atom. The molecule has 0 spiro atoms. The lowest BCUT2D eigenvalue weighted by molar-refractivity contribution is 0.544. The third kappa shape index (κ3) is 2.46. The molecule has 1 heterocycles. The Kier molecular flexibility index (Phi) is 3.64. The zero-order chi connectivity index (χ0) is 11.5. The van der Waals surface area contributed by atoms with Gasteiger partial charge in [-0.15, -0.1) is 0 Å². The van der Waals surface area contributed by atoms with Crippen LogP contribution in [0.25, 0.3) is 0 Å². The van der Waals surface area contributed by atoms with E-state index in [2.05, 4.69) is 21.9 Å². The molecular weight excluding hydrogens is 222 g/mol. The van der Waals surface area contributed by atoms with Gasteiger partial charge in [0, 0.05) is 19.2 Å². The maximum atomic E-state index is 6.00. The van der Waals surface area contributed by atoms with Crippen LogP contribution in [0.2, 0.25) is 5.15 Å². The lowest BCUT2D eigenvalue weighted by atomic mass is 10.1. The van der Waals surface area contributed by atoms with Crippen LogP contribution in [0, 0.1) is 12.8 Å². The lowest BCUT2D eigenvalue weighted by Crippen LogP contribution is -2.25. The van der Waals surface area contributed by atoms with Gasteiger partial charge in [0.25, 0.3) is 0 Å². The molecule has 1 saturated carbocycles. The molecular formula is C12H18ClN3. The molecule has 1 aliphatic rings. The summed E-state index contributed by atoms with van der Waals surface area (Å²) in [5.74, 6) is 1.78. The second kappa shape index (κ2) is 5.00. The van der Waals surface area contributed by atoms with Gasteiger partial charge in [-0.05, 0) is 25.7 Å². The van der Waals surface area contributed by atoms with Crippen molar-refractivity contribution in [1.29, 1.82) is 0 Å². The fourth-order valence-electron chi connectivity index (χ4n) is 2.47. The number of nitrogens with zero attached hydrogens (tertiary/aromatic N) is 3. The molecule has 2 rings (SSSR count). The first kappa shape index (κ1) is 11.6. The van der Waals surface area contributed by atoms with Crippen LogP contribution in [0.3, 0.4) is 0 Å². The SMILES string of the molecule is Cc1c(Cl)ncnc1N(C)CC1CCCC1. The molecule has 0 radical (unpaired) electrons. The molecule has 0 saturated heterocycles. The van der Waals surface area contributed by atoms with Gasteiger partial charge < -0.3 is 4.90 Å². The van der Waals surface area contributed by atoms with E-state index in [0.29, 0.717) is 5.15 Å². The summed E-state index contributed by atoms with van der Waals surface area (Å²) in [6.45, 7) is 3.05. The van der Waals surface area contributed by atoms with E-state index in [-0.39, 0.29) is 0 Å². The summed E-state index contributed by atoms with van der Waals surface area (Å²) in [4.78, 5) is 10.5. The summed E-state index contributed by atoms with van der Waals surface area (Å²) in [5.41, 5.74) is 0.977. The smallest absolute Gasteiger partial charge is 0.137 e. The highest BCUT2D eigenvalue weighted by atomic mass is 35.5. The molecule has 0 bridgehead atoms. The summed E-state index contributed by atoms with van der Waals surface area (Å²) < 4.78 is 0. The number of hydrogen-bond acceptors (Lipinski definition) is 3. The van der Waals surface area contributed by atoms with Gasteiger partial charge in [0.1, 0.15) is 17.3 Å². The topological polar surface area (TPSA) is 29.0 Å². The van der Waals surface area contributed by atoms with Crippen LogP contribution in [0.4, 0.5) is 5.82 Å². The Balaban J connectivity index is 2.07. The third-order valence-corrected chi connectivity index (χ3v) is 3.75. The second-order valence-electron chi connectivity index (χ2n) is 4.64. The fraction of sp³-hybridized carbons (Fsp3) is 0.667. The van der Waals surface area contributed by atoms with E-state index in [1.807, 2.05) is 6.92 Å². The molecule has 16 heavy (non-hydrogen) atoms.